The molecule has 1 heterocycles. The number of rotatable bonds is 5. The van der Waals surface area contributed by atoms with Gasteiger partial charge in [0.25, 0.3) is 0 Å². The van der Waals surface area contributed by atoms with Crippen LogP contribution in [0.4, 0.5) is 0 Å². The molecule has 0 saturated carbocycles. The summed E-state index contributed by atoms with van der Waals surface area (Å²) < 4.78 is 32.1. The van der Waals surface area contributed by atoms with Crippen molar-refractivity contribution in [3.63, 3.8) is 0 Å². The molecule has 6 nitrogen and oxygen atoms in total. The molecule has 0 fully saturated rings. The highest BCUT2D eigenvalue weighted by atomic mass is 35.5. The van der Waals surface area contributed by atoms with Crippen molar-refractivity contribution < 1.29 is 12.8 Å². The average molecular weight is 330 g/mol. The van der Waals surface area contributed by atoms with Gasteiger partial charge in [-0.05, 0) is 31.5 Å². The Kier molecular flexibility index (Phi) is 4.67. The lowest BCUT2D eigenvalue weighted by Gasteiger charge is -2.07. The van der Waals surface area contributed by atoms with Crippen LogP contribution in [0.3, 0.4) is 0 Å². The predicted molar refractivity (Wildman–Crippen MR) is 79.3 cm³/mol. The molecule has 0 unspecified atom stereocenters. The number of aryl methyl sites for hydroxylation is 2. The fraction of sp³-hybridized carbons (Fsp3) is 0.308. The molecule has 3 N–H and O–H groups in total. The monoisotopic (exact) mass is 329 g/mol. The summed E-state index contributed by atoms with van der Waals surface area (Å²) in [6.07, 6.45) is 0. The van der Waals surface area contributed by atoms with E-state index in [0.29, 0.717) is 22.2 Å². The Hall–Kier alpha value is -1.41. The van der Waals surface area contributed by atoms with Crippen molar-refractivity contribution in [1.29, 1.82) is 0 Å². The zero-order chi connectivity index (χ0) is 15.6. The van der Waals surface area contributed by atoms with Crippen LogP contribution in [0.2, 0.25) is 5.02 Å². The standard InChI is InChI=1S/C13H16ClN3O3S/c1-8-9(2)20-13(17-8)7-16-21(18,19)11-4-3-10(6-15)12(14)5-11/h3-5,16H,6-7,15H2,1-2H3. The van der Waals surface area contributed by atoms with Crippen molar-refractivity contribution in [3.05, 3.63) is 46.1 Å². The molecule has 114 valence electrons. The maximum absolute atomic E-state index is 12.2. The molecule has 21 heavy (non-hydrogen) atoms. The van der Waals surface area contributed by atoms with E-state index in [-0.39, 0.29) is 18.0 Å². The number of nitrogens with zero attached hydrogens (tertiary/aromatic N) is 1. The zero-order valence-electron chi connectivity index (χ0n) is 11.7. The first-order valence-corrected chi connectivity index (χ1v) is 8.10. The van der Waals surface area contributed by atoms with Crippen LogP contribution in [0.5, 0.6) is 0 Å². The molecule has 1 aromatic carbocycles. The molecule has 0 spiro atoms. The summed E-state index contributed by atoms with van der Waals surface area (Å²) in [4.78, 5) is 4.19. The lowest BCUT2D eigenvalue weighted by Crippen LogP contribution is -2.23. The molecule has 0 aliphatic heterocycles. The van der Waals surface area contributed by atoms with Gasteiger partial charge in [0, 0.05) is 11.6 Å². The summed E-state index contributed by atoms with van der Waals surface area (Å²) in [5.41, 5.74) is 6.92. The second-order valence-corrected chi connectivity index (χ2v) is 6.71. The van der Waals surface area contributed by atoms with Gasteiger partial charge in [-0.3, -0.25) is 0 Å². The van der Waals surface area contributed by atoms with Crippen molar-refractivity contribution in [2.24, 2.45) is 5.73 Å². The number of halogens is 1. The fourth-order valence-electron chi connectivity index (χ4n) is 1.72. The van der Waals surface area contributed by atoms with E-state index < -0.39 is 10.0 Å². The van der Waals surface area contributed by atoms with E-state index in [1.165, 1.54) is 12.1 Å². The van der Waals surface area contributed by atoms with Crippen LogP contribution in [-0.2, 0) is 23.1 Å². The van der Waals surface area contributed by atoms with Gasteiger partial charge in [0.05, 0.1) is 17.1 Å². The molecule has 8 heteroatoms. The van der Waals surface area contributed by atoms with E-state index in [0.717, 1.165) is 5.69 Å². The van der Waals surface area contributed by atoms with Crippen molar-refractivity contribution in [3.8, 4) is 0 Å². The third kappa shape index (κ3) is 3.62. The molecule has 0 saturated heterocycles. The van der Waals surface area contributed by atoms with Crippen molar-refractivity contribution in [2.45, 2.75) is 31.8 Å². The topological polar surface area (TPSA) is 98.2 Å². The molecule has 0 bridgehead atoms. The molecule has 0 aliphatic rings. The molecular weight excluding hydrogens is 314 g/mol. The smallest absolute Gasteiger partial charge is 0.241 e. The third-order valence-corrected chi connectivity index (χ3v) is 4.79. The van der Waals surface area contributed by atoms with Crippen molar-refractivity contribution in [2.75, 3.05) is 0 Å². The summed E-state index contributed by atoms with van der Waals surface area (Å²) in [6, 6.07) is 4.43. The first kappa shape index (κ1) is 16.0. The zero-order valence-corrected chi connectivity index (χ0v) is 13.3. The largest absolute Gasteiger partial charge is 0.444 e. The first-order valence-electron chi connectivity index (χ1n) is 6.24. The van der Waals surface area contributed by atoms with Gasteiger partial charge >= 0.3 is 0 Å². The van der Waals surface area contributed by atoms with Gasteiger partial charge in [-0.2, -0.15) is 0 Å². The first-order chi connectivity index (χ1) is 9.83. The third-order valence-electron chi connectivity index (χ3n) is 3.04. The van der Waals surface area contributed by atoms with Gasteiger partial charge in [0.15, 0.2) is 0 Å². The van der Waals surface area contributed by atoms with E-state index in [2.05, 4.69) is 9.71 Å². The Labute approximate surface area is 128 Å². The molecular formula is C13H16ClN3O3S. The molecule has 0 amide bonds. The quantitative estimate of drug-likeness (QED) is 0.872. The maximum atomic E-state index is 12.2. The summed E-state index contributed by atoms with van der Waals surface area (Å²) in [6.45, 7) is 3.79. The average Bonchev–Trinajstić information content (AvgIpc) is 2.76. The fourth-order valence-corrected chi connectivity index (χ4v) is 3.04. The van der Waals surface area contributed by atoms with Crippen LogP contribution < -0.4 is 10.5 Å². The second-order valence-electron chi connectivity index (χ2n) is 4.53. The van der Waals surface area contributed by atoms with Gasteiger partial charge in [-0.25, -0.2) is 18.1 Å². The van der Waals surface area contributed by atoms with Crippen molar-refractivity contribution in [1.82, 2.24) is 9.71 Å². The van der Waals surface area contributed by atoms with Crippen molar-refractivity contribution >= 4 is 21.6 Å². The molecule has 0 atom stereocenters. The van der Waals surface area contributed by atoms with Gasteiger partial charge in [0.1, 0.15) is 5.76 Å². The summed E-state index contributed by atoms with van der Waals surface area (Å²) in [5, 5.41) is 0.322. The van der Waals surface area contributed by atoms with E-state index in [1.807, 2.05) is 0 Å². The van der Waals surface area contributed by atoms with Crippen LogP contribution in [-0.4, -0.2) is 13.4 Å². The number of oxazole rings is 1. The van der Waals surface area contributed by atoms with Gasteiger partial charge in [-0.15, -0.1) is 0 Å². The highest BCUT2D eigenvalue weighted by Crippen LogP contribution is 2.20. The Bertz CT molecular complexity index is 737. The summed E-state index contributed by atoms with van der Waals surface area (Å²) >= 11 is 5.97. The minimum absolute atomic E-state index is 0.0206. The van der Waals surface area contributed by atoms with Crippen LogP contribution in [0, 0.1) is 13.8 Å². The summed E-state index contributed by atoms with van der Waals surface area (Å²) in [7, 11) is -3.68. The number of hydrogen-bond donors (Lipinski definition) is 2. The van der Waals surface area contributed by atoms with Gasteiger partial charge in [0.2, 0.25) is 15.9 Å². The summed E-state index contributed by atoms with van der Waals surface area (Å²) in [5.74, 6) is 0.984. The Balaban J connectivity index is 2.16. The van der Waals surface area contributed by atoms with Crippen LogP contribution in [0.25, 0.3) is 0 Å². The lowest BCUT2D eigenvalue weighted by atomic mass is 10.2. The Morgan fingerprint density at radius 2 is 2.10 bits per heavy atom. The minimum Gasteiger partial charge on any atom is -0.444 e. The maximum Gasteiger partial charge on any atom is 0.241 e. The minimum atomic E-state index is -3.68. The predicted octanol–water partition coefficient (Wildman–Crippen LogP) is 1.88. The van der Waals surface area contributed by atoms with E-state index in [4.69, 9.17) is 21.8 Å². The molecule has 0 radical (unpaired) electrons. The number of hydrogen-bond acceptors (Lipinski definition) is 5. The van der Waals surface area contributed by atoms with E-state index in [9.17, 15) is 8.42 Å². The SMILES string of the molecule is Cc1nc(CNS(=O)(=O)c2ccc(CN)c(Cl)c2)oc1C. The lowest BCUT2D eigenvalue weighted by molar-refractivity contribution is 0.463. The highest BCUT2D eigenvalue weighted by molar-refractivity contribution is 7.89. The van der Waals surface area contributed by atoms with Gasteiger partial charge < -0.3 is 10.2 Å². The van der Waals surface area contributed by atoms with Crippen LogP contribution in [0.1, 0.15) is 22.9 Å². The van der Waals surface area contributed by atoms with Gasteiger partial charge in [-0.1, -0.05) is 17.7 Å². The second kappa shape index (κ2) is 6.15. The van der Waals surface area contributed by atoms with E-state index >= 15 is 0 Å². The Morgan fingerprint density at radius 1 is 1.38 bits per heavy atom. The Morgan fingerprint density at radius 3 is 2.62 bits per heavy atom. The number of aromatic nitrogens is 1. The molecule has 2 rings (SSSR count). The number of nitrogens with two attached hydrogens (primary N) is 1. The normalized spacial score (nSPS) is 11.8. The number of benzene rings is 1. The molecule has 2 aromatic rings. The molecule has 0 aliphatic carbocycles. The highest BCUT2D eigenvalue weighted by Gasteiger charge is 2.17. The van der Waals surface area contributed by atoms with E-state index in [1.54, 1.807) is 19.9 Å². The number of nitrogens with one attached hydrogen (secondary N) is 1. The molecule has 1 aromatic heterocycles. The number of sulfonamides is 1. The van der Waals surface area contributed by atoms with Crippen LogP contribution >= 0.6 is 11.6 Å². The van der Waals surface area contributed by atoms with Crippen LogP contribution in [0.15, 0.2) is 27.5 Å².